The number of carbonyl (C=O) groups is 2. The number of aryl methyl sites for hydroxylation is 1. The monoisotopic (exact) mass is 391 g/mol. The number of halogens is 1. The lowest BCUT2D eigenvalue weighted by Crippen LogP contribution is -2.50. The summed E-state index contributed by atoms with van der Waals surface area (Å²) in [5, 5.41) is 3.51. The molecule has 0 aliphatic carbocycles. The topological polar surface area (TPSA) is 70.5 Å². The fraction of sp³-hybridized carbons (Fsp3) is 0.389. The van der Waals surface area contributed by atoms with E-state index in [0.29, 0.717) is 37.6 Å². The van der Waals surface area contributed by atoms with Gasteiger partial charge in [-0.05, 0) is 18.2 Å². The van der Waals surface area contributed by atoms with Crippen molar-refractivity contribution in [2.45, 2.75) is 5.16 Å². The summed E-state index contributed by atoms with van der Waals surface area (Å²) < 4.78 is 15.0. The van der Waals surface area contributed by atoms with Gasteiger partial charge in [0, 0.05) is 51.3 Å². The number of hydrogen-bond donors (Lipinski definition) is 1. The molecular weight excluding hydrogens is 369 g/mol. The Kier molecular flexibility index (Phi) is 6.46. The third kappa shape index (κ3) is 5.54. The summed E-state index contributed by atoms with van der Waals surface area (Å²) in [4.78, 5) is 32.4. The molecule has 1 aromatic carbocycles. The van der Waals surface area contributed by atoms with E-state index in [4.69, 9.17) is 0 Å². The number of piperazine rings is 1. The number of aromatic nitrogens is 2. The van der Waals surface area contributed by atoms with Crippen molar-refractivity contribution in [3.63, 3.8) is 0 Å². The van der Waals surface area contributed by atoms with Gasteiger partial charge in [0.05, 0.1) is 12.3 Å². The maximum Gasteiger partial charge on any atom is 0.238 e. The standard InChI is InChI=1S/C18H22FN5O2S/c1-22-6-5-20-18(22)27-13-17(26)24-9-7-23(8-10-24)12-16(25)21-15-4-2-3-14(19)11-15/h2-6,11H,7-10,12-13H2,1H3,(H,21,25). The first-order chi connectivity index (χ1) is 13.0. The van der Waals surface area contributed by atoms with Crippen molar-refractivity contribution in [1.82, 2.24) is 19.4 Å². The Labute approximate surface area is 161 Å². The van der Waals surface area contributed by atoms with E-state index in [-0.39, 0.29) is 24.2 Å². The lowest BCUT2D eigenvalue weighted by Gasteiger charge is -2.34. The molecule has 1 fully saturated rings. The molecule has 3 rings (SSSR count). The van der Waals surface area contributed by atoms with Crippen molar-refractivity contribution in [3.05, 3.63) is 42.5 Å². The molecule has 1 aliphatic rings. The third-order valence-corrected chi connectivity index (χ3v) is 5.35. The third-order valence-electron chi connectivity index (χ3n) is 4.30. The molecule has 144 valence electrons. The lowest BCUT2D eigenvalue weighted by atomic mass is 10.3. The number of thioether (sulfide) groups is 1. The molecule has 1 N–H and O–H groups in total. The van der Waals surface area contributed by atoms with Crippen LogP contribution < -0.4 is 5.32 Å². The first-order valence-electron chi connectivity index (χ1n) is 8.67. The van der Waals surface area contributed by atoms with Crippen molar-refractivity contribution < 1.29 is 14.0 Å². The first-order valence-corrected chi connectivity index (χ1v) is 9.65. The van der Waals surface area contributed by atoms with Crippen molar-refractivity contribution in [2.24, 2.45) is 7.05 Å². The van der Waals surface area contributed by atoms with Gasteiger partial charge in [-0.25, -0.2) is 9.37 Å². The molecule has 2 heterocycles. The number of benzene rings is 1. The molecule has 9 heteroatoms. The van der Waals surface area contributed by atoms with Gasteiger partial charge in [0.25, 0.3) is 0 Å². The highest BCUT2D eigenvalue weighted by atomic mass is 32.2. The second-order valence-electron chi connectivity index (χ2n) is 6.32. The summed E-state index contributed by atoms with van der Waals surface area (Å²) in [5.74, 6) is -0.147. The van der Waals surface area contributed by atoms with E-state index >= 15 is 0 Å². The molecular formula is C18H22FN5O2S. The Balaban J connectivity index is 1.40. The molecule has 0 radical (unpaired) electrons. The van der Waals surface area contributed by atoms with Crippen LogP contribution in [-0.2, 0) is 16.6 Å². The van der Waals surface area contributed by atoms with Crippen LogP contribution in [0.25, 0.3) is 0 Å². The van der Waals surface area contributed by atoms with Crippen molar-refractivity contribution in [2.75, 3.05) is 43.8 Å². The summed E-state index contributed by atoms with van der Waals surface area (Å²) in [7, 11) is 1.90. The molecule has 0 saturated carbocycles. The Morgan fingerprint density at radius 3 is 2.70 bits per heavy atom. The highest BCUT2D eigenvalue weighted by molar-refractivity contribution is 7.99. The fourth-order valence-corrected chi connectivity index (χ4v) is 3.67. The highest BCUT2D eigenvalue weighted by Gasteiger charge is 2.22. The summed E-state index contributed by atoms with van der Waals surface area (Å²) in [6, 6.07) is 5.82. The fourth-order valence-electron chi connectivity index (χ4n) is 2.83. The van der Waals surface area contributed by atoms with Crippen molar-refractivity contribution >= 4 is 29.3 Å². The predicted molar refractivity (Wildman–Crippen MR) is 102 cm³/mol. The van der Waals surface area contributed by atoms with Crippen LogP contribution in [-0.4, -0.2) is 69.6 Å². The molecule has 7 nitrogen and oxygen atoms in total. The summed E-state index contributed by atoms with van der Waals surface area (Å²) in [5.41, 5.74) is 0.445. The zero-order valence-corrected chi connectivity index (χ0v) is 15.9. The average molecular weight is 391 g/mol. The van der Waals surface area contributed by atoms with Gasteiger partial charge in [0.2, 0.25) is 11.8 Å². The maximum atomic E-state index is 13.2. The van der Waals surface area contributed by atoms with Gasteiger partial charge in [0.15, 0.2) is 5.16 Å². The summed E-state index contributed by atoms with van der Waals surface area (Å²) >= 11 is 1.42. The number of rotatable bonds is 6. The molecule has 0 atom stereocenters. The number of carbonyl (C=O) groups excluding carboxylic acids is 2. The highest BCUT2D eigenvalue weighted by Crippen LogP contribution is 2.16. The van der Waals surface area contributed by atoms with Crippen molar-refractivity contribution in [1.29, 1.82) is 0 Å². The molecule has 0 unspecified atom stereocenters. The molecule has 0 bridgehead atoms. The number of imidazole rings is 1. The van der Waals surface area contributed by atoms with E-state index in [9.17, 15) is 14.0 Å². The van der Waals surface area contributed by atoms with Gasteiger partial charge >= 0.3 is 0 Å². The van der Waals surface area contributed by atoms with Crippen LogP contribution >= 0.6 is 11.8 Å². The van der Waals surface area contributed by atoms with Crippen LogP contribution in [0.1, 0.15) is 0 Å². The van der Waals surface area contributed by atoms with E-state index in [0.717, 1.165) is 5.16 Å². The average Bonchev–Trinajstić information content (AvgIpc) is 3.05. The van der Waals surface area contributed by atoms with Crippen LogP contribution in [0.3, 0.4) is 0 Å². The number of nitrogens with one attached hydrogen (secondary N) is 1. The smallest absolute Gasteiger partial charge is 0.238 e. The van der Waals surface area contributed by atoms with Gasteiger partial charge < -0.3 is 14.8 Å². The van der Waals surface area contributed by atoms with Crippen molar-refractivity contribution in [3.8, 4) is 0 Å². The predicted octanol–water partition coefficient (Wildman–Crippen LogP) is 1.43. The van der Waals surface area contributed by atoms with Gasteiger partial charge in [-0.1, -0.05) is 17.8 Å². The van der Waals surface area contributed by atoms with Crippen LogP contribution in [0.4, 0.5) is 10.1 Å². The second-order valence-corrected chi connectivity index (χ2v) is 7.27. The zero-order chi connectivity index (χ0) is 19.2. The largest absolute Gasteiger partial charge is 0.339 e. The van der Waals surface area contributed by atoms with E-state index in [1.807, 2.05) is 27.6 Å². The maximum absolute atomic E-state index is 13.2. The first kappa shape index (κ1) is 19.4. The number of amides is 2. The number of anilines is 1. The Morgan fingerprint density at radius 2 is 2.04 bits per heavy atom. The molecule has 2 amide bonds. The Bertz CT molecular complexity index is 805. The SMILES string of the molecule is Cn1ccnc1SCC(=O)N1CCN(CC(=O)Nc2cccc(F)c2)CC1. The normalized spacial score (nSPS) is 15.0. The minimum Gasteiger partial charge on any atom is -0.339 e. The Morgan fingerprint density at radius 1 is 1.26 bits per heavy atom. The summed E-state index contributed by atoms with van der Waals surface area (Å²) in [6.45, 7) is 2.67. The van der Waals surface area contributed by atoms with E-state index in [1.54, 1.807) is 18.3 Å². The van der Waals surface area contributed by atoms with Crippen LogP contribution in [0.5, 0.6) is 0 Å². The molecule has 2 aromatic rings. The number of nitrogens with zero attached hydrogens (tertiary/aromatic N) is 4. The molecule has 27 heavy (non-hydrogen) atoms. The van der Waals surface area contributed by atoms with E-state index in [2.05, 4.69) is 10.3 Å². The molecule has 1 aromatic heterocycles. The van der Waals surface area contributed by atoms with E-state index < -0.39 is 0 Å². The minimum absolute atomic E-state index is 0.0758. The van der Waals surface area contributed by atoms with Gasteiger partial charge in [-0.3, -0.25) is 14.5 Å². The summed E-state index contributed by atoms with van der Waals surface area (Å²) in [6.07, 6.45) is 3.56. The lowest BCUT2D eigenvalue weighted by molar-refractivity contribution is -0.130. The molecule has 1 saturated heterocycles. The Hall–Kier alpha value is -2.39. The van der Waals surface area contributed by atoms with Crippen LogP contribution in [0, 0.1) is 5.82 Å². The second kappa shape index (κ2) is 9.01. The van der Waals surface area contributed by atoms with Gasteiger partial charge in [-0.15, -0.1) is 0 Å². The molecule has 1 aliphatic heterocycles. The zero-order valence-electron chi connectivity index (χ0n) is 15.1. The van der Waals surface area contributed by atoms with E-state index in [1.165, 1.54) is 23.9 Å². The minimum atomic E-state index is -0.386. The van der Waals surface area contributed by atoms with Crippen LogP contribution in [0.2, 0.25) is 0 Å². The van der Waals surface area contributed by atoms with Crippen LogP contribution in [0.15, 0.2) is 41.8 Å². The molecule has 0 spiro atoms. The van der Waals surface area contributed by atoms with Gasteiger partial charge in [0.1, 0.15) is 5.82 Å². The number of hydrogen-bond acceptors (Lipinski definition) is 5. The van der Waals surface area contributed by atoms with Gasteiger partial charge in [-0.2, -0.15) is 0 Å². The quantitative estimate of drug-likeness (QED) is 0.755.